The average molecular weight is 426 g/mol. The molecule has 0 aliphatic heterocycles. The van der Waals surface area contributed by atoms with E-state index < -0.39 is 0 Å². The Balaban J connectivity index is 2.08. The molecule has 0 unspecified atom stereocenters. The number of benzene rings is 2. The summed E-state index contributed by atoms with van der Waals surface area (Å²) in [5, 5.41) is 8.96. The van der Waals surface area contributed by atoms with E-state index in [4.69, 9.17) is 4.74 Å². The number of methoxy groups -OCH3 is 1. The molecule has 168 valence electrons. The lowest BCUT2D eigenvalue weighted by Crippen LogP contribution is -2.33. The van der Waals surface area contributed by atoms with Crippen molar-refractivity contribution in [3.05, 3.63) is 53.6 Å². The van der Waals surface area contributed by atoms with Crippen LogP contribution in [0.2, 0.25) is 0 Å². The van der Waals surface area contributed by atoms with Gasteiger partial charge < -0.3 is 20.7 Å². The van der Waals surface area contributed by atoms with Crippen LogP contribution in [0, 0.1) is 5.92 Å². The van der Waals surface area contributed by atoms with Gasteiger partial charge in [-0.2, -0.15) is 0 Å². The summed E-state index contributed by atoms with van der Waals surface area (Å²) in [6, 6.07) is 13.8. The second-order valence-corrected chi connectivity index (χ2v) is 9.12. The van der Waals surface area contributed by atoms with Gasteiger partial charge in [-0.1, -0.05) is 58.9 Å². The summed E-state index contributed by atoms with van der Waals surface area (Å²) in [5.41, 5.74) is 3.64. The van der Waals surface area contributed by atoms with Crippen LogP contribution in [-0.4, -0.2) is 25.5 Å². The van der Waals surface area contributed by atoms with Gasteiger partial charge in [0.1, 0.15) is 5.75 Å². The molecule has 0 aromatic heterocycles. The third-order valence-electron chi connectivity index (χ3n) is 5.08. The van der Waals surface area contributed by atoms with E-state index in [1.54, 1.807) is 18.2 Å². The molecule has 0 saturated carbocycles. The molecule has 1 atom stereocenters. The molecule has 2 amide bonds. The van der Waals surface area contributed by atoms with Gasteiger partial charge in [0.2, 0.25) is 11.8 Å². The van der Waals surface area contributed by atoms with Crippen molar-refractivity contribution in [1.29, 1.82) is 0 Å². The molecule has 0 aliphatic carbocycles. The van der Waals surface area contributed by atoms with E-state index in [1.165, 1.54) is 19.6 Å². The minimum atomic E-state index is -0.185. The molecule has 0 heterocycles. The number of hydrogen-bond acceptors (Lipinski definition) is 4. The number of nitrogens with one attached hydrogen (secondary N) is 3. The van der Waals surface area contributed by atoms with E-state index in [0.29, 0.717) is 23.0 Å². The van der Waals surface area contributed by atoms with E-state index in [0.717, 1.165) is 5.56 Å². The zero-order chi connectivity index (χ0) is 23.2. The van der Waals surface area contributed by atoms with Gasteiger partial charge in [0.05, 0.1) is 19.3 Å². The van der Waals surface area contributed by atoms with Gasteiger partial charge in [-0.15, -0.1) is 0 Å². The second kappa shape index (κ2) is 10.4. The fraction of sp³-hybridized carbons (Fsp3) is 0.440. The molecule has 2 aromatic carbocycles. The number of carbonyl (C=O) groups is 2. The Morgan fingerprint density at radius 1 is 1.00 bits per heavy atom. The largest absolute Gasteiger partial charge is 0.495 e. The van der Waals surface area contributed by atoms with E-state index in [1.807, 2.05) is 0 Å². The third kappa shape index (κ3) is 7.10. The first-order valence-electron chi connectivity index (χ1n) is 10.6. The molecule has 0 radical (unpaired) electrons. The molecule has 2 rings (SSSR count). The van der Waals surface area contributed by atoms with Crippen molar-refractivity contribution in [2.75, 3.05) is 24.3 Å². The Kier molecular flexibility index (Phi) is 8.22. The smallest absolute Gasteiger partial charge is 0.238 e. The Morgan fingerprint density at radius 2 is 1.65 bits per heavy atom. The van der Waals surface area contributed by atoms with Crippen molar-refractivity contribution in [1.82, 2.24) is 5.32 Å². The zero-order valence-corrected chi connectivity index (χ0v) is 19.6. The highest BCUT2D eigenvalue weighted by atomic mass is 16.5. The highest BCUT2D eigenvalue weighted by Gasteiger charge is 2.19. The van der Waals surface area contributed by atoms with Crippen LogP contribution in [0.25, 0.3) is 0 Å². The van der Waals surface area contributed by atoms with Crippen LogP contribution in [-0.2, 0) is 15.0 Å². The molecule has 0 spiro atoms. The Bertz CT molecular complexity index is 899. The Labute approximate surface area is 185 Å². The number of carbonyl (C=O) groups excluding carboxylic acids is 2. The maximum Gasteiger partial charge on any atom is 0.238 e. The molecule has 0 bridgehead atoms. The molecular formula is C25H35N3O3. The molecular weight excluding hydrogens is 390 g/mol. The van der Waals surface area contributed by atoms with E-state index in [2.05, 4.69) is 74.8 Å². The van der Waals surface area contributed by atoms with Crippen LogP contribution in [0.15, 0.2) is 42.5 Å². The summed E-state index contributed by atoms with van der Waals surface area (Å²) in [7, 11) is 1.54. The summed E-state index contributed by atoms with van der Waals surface area (Å²) in [4.78, 5) is 24.0. The van der Waals surface area contributed by atoms with Gasteiger partial charge >= 0.3 is 0 Å². The molecule has 0 saturated heterocycles. The van der Waals surface area contributed by atoms with Crippen LogP contribution in [0.4, 0.5) is 11.4 Å². The lowest BCUT2D eigenvalue weighted by atomic mass is 9.85. The summed E-state index contributed by atoms with van der Waals surface area (Å²) >= 11 is 0. The second-order valence-electron chi connectivity index (χ2n) is 9.12. The minimum absolute atomic E-state index is 0.0485. The average Bonchev–Trinajstić information content (AvgIpc) is 2.67. The van der Waals surface area contributed by atoms with Gasteiger partial charge in [-0.3, -0.25) is 9.59 Å². The van der Waals surface area contributed by atoms with Crippen LogP contribution in [0.3, 0.4) is 0 Å². The molecule has 31 heavy (non-hydrogen) atoms. The third-order valence-corrected chi connectivity index (χ3v) is 5.08. The topological polar surface area (TPSA) is 79.5 Å². The Morgan fingerprint density at radius 3 is 2.16 bits per heavy atom. The van der Waals surface area contributed by atoms with Crippen LogP contribution < -0.4 is 20.7 Å². The highest BCUT2D eigenvalue weighted by molar-refractivity contribution is 5.95. The monoisotopic (exact) mass is 425 g/mol. The summed E-state index contributed by atoms with van der Waals surface area (Å²) in [5.74, 6) is 0.475. The van der Waals surface area contributed by atoms with Crippen molar-refractivity contribution in [3.8, 4) is 5.75 Å². The predicted molar refractivity (Wildman–Crippen MR) is 127 cm³/mol. The van der Waals surface area contributed by atoms with E-state index >= 15 is 0 Å². The summed E-state index contributed by atoms with van der Waals surface area (Å²) in [6.45, 7) is 12.4. The fourth-order valence-electron chi connectivity index (χ4n) is 3.41. The van der Waals surface area contributed by atoms with Crippen LogP contribution in [0.1, 0.15) is 58.7 Å². The van der Waals surface area contributed by atoms with Crippen LogP contribution in [0.5, 0.6) is 5.75 Å². The number of ether oxygens (including phenoxy) is 1. The number of amides is 2. The highest BCUT2D eigenvalue weighted by Crippen LogP contribution is 2.29. The van der Waals surface area contributed by atoms with Crippen molar-refractivity contribution in [2.24, 2.45) is 5.92 Å². The SMILES string of the molecule is COc1ccc(NC(C)=O)cc1NC(=O)CN[C@H](c1ccc(C(C)(C)C)cc1)C(C)C. The zero-order valence-electron chi connectivity index (χ0n) is 19.6. The normalized spacial score (nSPS) is 12.4. The van der Waals surface area contributed by atoms with Crippen LogP contribution >= 0.6 is 0 Å². The lowest BCUT2D eigenvalue weighted by molar-refractivity contribution is -0.116. The molecule has 3 N–H and O–H groups in total. The molecule has 6 heteroatoms. The van der Waals surface area contributed by atoms with Gasteiger partial charge in [-0.05, 0) is 40.7 Å². The quantitative estimate of drug-likeness (QED) is 0.563. The predicted octanol–water partition coefficient (Wildman–Crippen LogP) is 4.88. The number of hydrogen-bond donors (Lipinski definition) is 3. The van der Waals surface area contributed by atoms with Crippen molar-refractivity contribution in [3.63, 3.8) is 0 Å². The fourth-order valence-corrected chi connectivity index (χ4v) is 3.41. The van der Waals surface area contributed by atoms with Crippen molar-refractivity contribution >= 4 is 23.2 Å². The molecule has 0 aliphatic rings. The van der Waals surface area contributed by atoms with Gasteiger partial charge in [0, 0.05) is 18.7 Å². The van der Waals surface area contributed by atoms with Crippen molar-refractivity contribution in [2.45, 2.75) is 53.0 Å². The molecule has 0 fully saturated rings. The molecule has 2 aromatic rings. The number of anilines is 2. The minimum Gasteiger partial charge on any atom is -0.495 e. The summed E-state index contributed by atoms with van der Waals surface area (Å²) in [6.07, 6.45) is 0. The Hall–Kier alpha value is -2.86. The van der Waals surface area contributed by atoms with Gasteiger partial charge in [0.15, 0.2) is 0 Å². The first-order valence-corrected chi connectivity index (χ1v) is 10.6. The lowest BCUT2D eigenvalue weighted by Gasteiger charge is -2.25. The maximum atomic E-state index is 12.6. The van der Waals surface area contributed by atoms with E-state index in [-0.39, 0.29) is 29.8 Å². The van der Waals surface area contributed by atoms with Gasteiger partial charge in [0.25, 0.3) is 0 Å². The van der Waals surface area contributed by atoms with E-state index in [9.17, 15) is 9.59 Å². The first-order chi connectivity index (χ1) is 14.5. The number of rotatable bonds is 8. The molecule has 6 nitrogen and oxygen atoms in total. The maximum absolute atomic E-state index is 12.6. The van der Waals surface area contributed by atoms with Gasteiger partial charge in [-0.25, -0.2) is 0 Å². The summed E-state index contributed by atoms with van der Waals surface area (Å²) < 4.78 is 5.33. The first kappa shape index (κ1) is 24.4. The standard InChI is InChI=1S/C25H35N3O3/c1-16(2)24(18-8-10-19(11-9-18)25(4,5)6)26-15-23(30)28-21-14-20(27-17(3)29)12-13-22(21)31-7/h8-14,16,24,26H,15H2,1-7H3,(H,27,29)(H,28,30)/t24-/m0/s1. The van der Waals surface area contributed by atoms with Crippen molar-refractivity contribution < 1.29 is 14.3 Å².